The minimum Gasteiger partial charge on any atom is -0.484 e. The first-order valence-electron chi connectivity index (χ1n) is 8.69. The van der Waals surface area contributed by atoms with Crippen molar-refractivity contribution in [2.24, 2.45) is 0 Å². The number of halogens is 1. The Morgan fingerprint density at radius 2 is 2.03 bits per heavy atom. The van der Waals surface area contributed by atoms with E-state index in [0.29, 0.717) is 18.0 Å². The second-order valence-electron chi connectivity index (χ2n) is 6.14. The molecule has 2 heterocycles. The highest BCUT2D eigenvalue weighted by Crippen LogP contribution is 2.14. The quantitative estimate of drug-likeness (QED) is 0.516. The Morgan fingerprint density at radius 1 is 1.17 bits per heavy atom. The minimum absolute atomic E-state index is 0.153. The summed E-state index contributed by atoms with van der Waals surface area (Å²) in [6.45, 7) is 0.247. The second-order valence-corrected chi connectivity index (χ2v) is 6.14. The summed E-state index contributed by atoms with van der Waals surface area (Å²) in [7, 11) is 0. The van der Waals surface area contributed by atoms with Crippen molar-refractivity contribution in [1.29, 1.82) is 0 Å². The number of carbonyl (C=O) groups excluding carboxylic acids is 1. The molecule has 9 nitrogen and oxygen atoms in total. The molecule has 1 N–H and O–H groups in total. The third kappa shape index (κ3) is 4.80. The van der Waals surface area contributed by atoms with Crippen molar-refractivity contribution < 1.29 is 13.9 Å². The molecule has 29 heavy (non-hydrogen) atoms. The predicted molar refractivity (Wildman–Crippen MR) is 101 cm³/mol. The van der Waals surface area contributed by atoms with Crippen molar-refractivity contribution in [3.63, 3.8) is 0 Å². The van der Waals surface area contributed by atoms with Crippen LogP contribution in [0.15, 0.2) is 67.3 Å². The van der Waals surface area contributed by atoms with E-state index >= 15 is 0 Å². The van der Waals surface area contributed by atoms with Gasteiger partial charge in [0, 0.05) is 6.20 Å². The van der Waals surface area contributed by atoms with E-state index in [0.717, 1.165) is 11.3 Å². The van der Waals surface area contributed by atoms with Crippen molar-refractivity contribution in [1.82, 2.24) is 30.0 Å². The number of rotatable bonds is 7. The molecule has 0 aliphatic heterocycles. The average molecular weight is 393 g/mol. The van der Waals surface area contributed by atoms with Crippen LogP contribution in [0.25, 0.3) is 5.69 Å². The lowest BCUT2D eigenvalue weighted by Gasteiger charge is -2.07. The lowest BCUT2D eigenvalue weighted by molar-refractivity contribution is -0.118. The fourth-order valence-electron chi connectivity index (χ4n) is 2.66. The highest BCUT2D eigenvalue weighted by Gasteiger charge is 2.07. The number of nitrogens with zero attached hydrogens (tertiary/aromatic N) is 6. The summed E-state index contributed by atoms with van der Waals surface area (Å²) in [4.78, 5) is 12.1. The van der Waals surface area contributed by atoms with E-state index in [4.69, 9.17) is 4.74 Å². The van der Waals surface area contributed by atoms with Crippen LogP contribution in [-0.2, 0) is 11.3 Å². The van der Waals surface area contributed by atoms with E-state index in [1.807, 2.05) is 6.07 Å². The topological polar surface area (TPSA) is 99.8 Å². The van der Waals surface area contributed by atoms with E-state index in [9.17, 15) is 9.18 Å². The van der Waals surface area contributed by atoms with Crippen molar-refractivity contribution in [2.45, 2.75) is 6.54 Å². The van der Waals surface area contributed by atoms with Crippen molar-refractivity contribution in [2.75, 3.05) is 11.9 Å². The highest BCUT2D eigenvalue weighted by atomic mass is 19.1. The van der Waals surface area contributed by atoms with Crippen LogP contribution in [-0.4, -0.2) is 42.5 Å². The van der Waals surface area contributed by atoms with Crippen molar-refractivity contribution in [3.05, 3.63) is 78.6 Å². The third-order valence-electron chi connectivity index (χ3n) is 3.97. The van der Waals surface area contributed by atoms with E-state index in [1.165, 1.54) is 29.3 Å². The van der Waals surface area contributed by atoms with Gasteiger partial charge in [-0.25, -0.2) is 9.07 Å². The molecule has 0 fully saturated rings. The van der Waals surface area contributed by atoms with Gasteiger partial charge >= 0.3 is 0 Å². The van der Waals surface area contributed by atoms with Crippen LogP contribution in [0.4, 0.5) is 10.1 Å². The molecule has 0 atom stereocenters. The van der Waals surface area contributed by atoms with Crippen LogP contribution < -0.4 is 10.1 Å². The first kappa shape index (κ1) is 18.3. The zero-order chi connectivity index (χ0) is 20.1. The zero-order valence-electron chi connectivity index (χ0n) is 15.1. The molecule has 0 bridgehead atoms. The van der Waals surface area contributed by atoms with Gasteiger partial charge in [0.1, 0.15) is 17.9 Å². The lowest BCUT2D eigenvalue weighted by Crippen LogP contribution is -2.19. The molecule has 0 saturated heterocycles. The van der Waals surface area contributed by atoms with Gasteiger partial charge in [0.05, 0.1) is 24.1 Å². The van der Waals surface area contributed by atoms with Gasteiger partial charge in [-0.05, 0) is 52.4 Å². The summed E-state index contributed by atoms with van der Waals surface area (Å²) >= 11 is 0. The SMILES string of the molecule is O=C(COc1ccc(-n2cnnn2)cc1)Nc1cnn(Cc2cccc(F)c2)c1. The van der Waals surface area contributed by atoms with Crippen molar-refractivity contribution >= 4 is 11.6 Å². The normalized spacial score (nSPS) is 10.7. The Labute approximate surface area is 164 Å². The molecule has 0 aliphatic rings. The number of ether oxygens (including phenoxy) is 1. The number of anilines is 1. The van der Waals surface area contributed by atoms with E-state index in [2.05, 4.69) is 25.9 Å². The Bertz CT molecular complexity index is 1090. The Kier molecular flexibility index (Phi) is 5.23. The van der Waals surface area contributed by atoms with Gasteiger partial charge in [0.15, 0.2) is 6.61 Å². The molecule has 4 rings (SSSR count). The molecular weight excluding hydrogens is 377 g/mol. The van der Waals surface area contributed by atoms with E-state index < -0.39 is 0 Å². The standard InChI is InChI=1S/C19H16FN7O2/c20-15-3-1-2-14(8-15)10-26-11-16(9-22-26)23-19(28)12-29-18-6-4-17(5-7-18)27-13-21-24-25-27/h1-9,11,13H,10,12H2,(H,23,28). The largest absolute Gasteiger partial charge is 0.484 e. The summed E-state index contributed by atoms with van der Waals surface area (Å²) in [5, 5.41) is 17.8. The van der Waals surface area contributed by atoms with Crippen LogP contribution >= 0.6 is 0 Å². The Balaban J connectivity index is 1.28. The molecule has 0 radical (unpaired) electrons. The molecule has 0 unspecified atom stereocenters. The van der Waals surface area contributed by atoms with Crippen LogP contribution in [0.1, 0.15) is 5.56 Å². The third-order valence-corrected chi connectivity index (χ3v) is 3.97. The van der Waals surface area contributed by atoms with Crippen LogP contribution in [0, 0.1) is 5.82 Å². The van der Waals surface area contributed by atoms with Crippen LogP contribution in [0.5, 0.6) is 5.75 Å². The van der Waals surface area contributed by atoms with Gasteiger partial charge in [-0.2, -0.15) is 5.10 Å². The molecule has 4 aromatic rings. The Hall–Kier alpha value is -4.08. The first-order chi connectivity index (χ1) is 14.2. The molecule has 0 saturated carbocycles. The summed E-state index contributed by atoms with van der Waals surface area (Å²) in [5.74, 6) is -0.0787. The molecule has 10 heteroatoms. The summed E-state index contributed by atoms with van der Waals surface area (Å²) in [6, 6.07) is 13.3. The molecule has 146 valence electrons. The Morgan fingerprint density at radius 3 is 2.79 bits per heavy atom. The number of carbonyl (C=O) groups is 1. The molecule has 0 aliphatic carbocycles. The maximum absolute atomic E-state index is 13.3. The van der Waals surface area contributed by atoms with Gasteiger partial charge in [-0.1, -0.05) is 12.1 Å². The second kappa shape index (κ2) is 8.30. The zero-order valence-corrected chi connectivity index (χ0v) is 15.1. The van der Waals surface area contributed by atoms with Gasteiger partial charge in [0.2, 0.25) is 0 Å². The van der Waals surface area contributed by atoms with Crippen LogP contribution in [0.2, 0.25) is 0 Å². The average Bonchev–Trinajstić information content (AvgIpc) is 3.39. The summed E-state index contributed by atoms with van der Waals surface area (Å²) in [5.41, 5.74) is 2.08. The number of aromatic nitrogens is 6. The smallest absolute Gasteiger partial charge is 0.262 e. The molecule has 2 aromatic carbocycles. The number of benzene rings is 2. The maximum Gasteiger partial charge on any atom is 0.262 e. The lowest BCUT2D eigenvalue weighted by atomic mass is 10.2. The number of tetrazole rings is 1. The number of hydrogen-bond donors (Lipinski definition) is 1. The summed E-state index contributed by atoms with van der Waals surface area (Å²) in [6.07, 6.45) is 4.68. The number of nitrogens with one attached hydrogen (secondary N) is 1. The molecule has 0 spiro atoms. The van der Waals surface area contributed by atoms with Crippen LogP contribution in [0.3, 0.4) is 0 Å². The molecule has 1 amide bonds. The highest BCUT2D eigenvalue weighted by molar-refractivity contribution is 5.91. The summed E-state index contributed by atoms with van der Waals surface area (Å²) < 4.78 is 21.9. The van der Waals surface area contributed by atoms with Gasteiger partial charge in [0.25, 0.3) is 5.91 Å². The first-order valence-corrected chi connectivity index (χ1v) is 8.69. The predicted octanol–water partition coefficient (Wildman–Crippen LogP) is 2.06. The number of hydrogen-bond acceptors (Lipinski definition) is 6. The van der Waals surface area contributed by atoms with E-state index in [-0.39, 0.29) is 18.3 Å². The fourth-order valence-corrected chi connectivity index (χ4v) is 2.66. The number of amides is 1. The molecular formula is C19H16FN7O2. The molecule has 2 aromatic heterocycles. The van der Waals surface area contributed by atoms with Crippen molar-refractivity contribution in [3.8, 4) is 11.4 Å². The minimum atomic E-state index is -0.320. The van der Waals surface area contributed by atoms with E-state index in [1.54, 1.807) is 41.2 Å². The van der Waals surface area contributed by atoms with Gasteiger partial charge in [-0.15, -0.1) is 5.10 Å². The monoisotopic (exact) mass is 393 g/mol. The van der Waals surface area contributed by atoms with Gasteiger partial charge in [-0.3, -0.25) is 9.48 Å². The van der Waals surface area contributed by atoms with Gasteiger partial charge < -0.3 is 10.1 Å². The fraction of sp³-hybridized carbons (Fsp3) is 0.105. The maximum atomic E-state index is 13.3.